The first-order chi connectivity index (χ1) is 7.61. The molecule has 0 heterocycles. The van der Waals surface area contributed by atoms with Crippen molar-refractivity contribution in [2.75, 3.05) is 5.75 Å². The highest BCUT2D eigenvalue weighted by atomic mass is 32.2. The number of carboxylic acids is 1. The van der Waals surface area contributed by atoms with E-state index in [1.165, 1.54) is 6.92 Å². The molecule has 1 atom stereocenters. The predicted molar refractivity (Wildman–Crippen MR) is 63.9 cm³/mol. The lowest BCUT2D eigenvalue weighted by Gasteiger charge is -2.21. The first-order valence-corrected chi connectivity index (χ1v) is 5.96. The molecule has 17 heavy (non-hydrogen) atoms. The van der Waals surface area contributed by atoms with E-state index < -0.39 is 23.7 Å². The van der Waals surface area contributed by atoms with Crippen LogP contribution in [0.2, 0.25) is 0 Å². The Balaban J connectivity index is 4.30. The molecule has 0 saturated heterocycles. The van der Waals surface area contributed by atoms with Crippen molar-refractivity contribution >= 4 is 28.9 Å². The molecule has 0 fully saturated rings. The number of aliphatic carboxylic acids is 1. The second-order valence-corrected chi connectivity index (χ2v) is 5.54. The fraction of sp³-hybridized carbons (Fsp3) is 0.700. The Hall–Kier alpha value is -1.24. The van der Waals surface area contributed by atoms with Crippen LogP contribution in [0.5, 0.6) is 0 Å². The average molecular weight is 263 g/mol. The highest BCUT2D eigenvalue weighted by Gasteiger charge is 2.24. The molecule has 6 nitrogen and oxygen atoms in total. The maximum Gasteiger partial charge on any atom is 0.408 e. The normalized spacial score (nSPS) is 12.7. The van der Waals surface area contributed by atoms with Gasteiger partial charge in [-0.1, -0.05) is 11.8 Å². The van der Waals surface area contributed by atoms with Crippen LogP contribution in [-0.2, 0) is 14.3 Å². The maximum atomic E-state index is 11.3. The molecule has 1 amide bonds. The molecule has 0 unspecified atom stereocenters. The summed E-state index contributed by atoms with van der Waals surface area (Å²) < 4.78 is 4.92. The Bertz CT molecular complexity index is 310. The van der Waals surface area contributed by atoms with Crippen LogP contribution < -0.4 is 5.32 Å². The van der Waals surface area contributed by atoms with Crippen LogP contribution in [0.1, 0.15) is 27.7 Å². The number of nitrogens with one attached hydrogen (secondary N) is 1. The van der Waals surface area contributed by atoms with Gasteiger partial charge in [0.2, 0.25) is 0 Å². The molecule has 0 saturated carbocycles. The van der Waals surface area contributed by atoms with Gasteiger partial charge in [-0.15, -0.1) is 0 Å². The lowest BCUT2D eigenvalue weighted by molar-refractivity contribution is -0.138. The minimum absolute atomic E-state index is 0.0239. The van der Waals surface area contributed by atoms with E-state index >= 15 is 0 Å². The Kier molecular flexibility index (Phi) is 6.01. The first-order valence-electron chi connectivity index (χ1n) is 4.97. The van der Waals surface area contributed by atoms with Crippen LogP contribution in [0.25, 0.3) is 0 Å². The third-order valence-corrected chi connectivity index (χ3v) is 2.35. The van der Waals surface area contributed by atoms with Gasteiger partial charge in [-0.3, -0.25) is 4.79 Å². The van der Waals surface area contributed by atoms with Crippen molar-refractivity contribution in [2.45, 2.75) is 39.3 Å². The summed E-state index contributed by atoms with van der Waals surface area (Å²) in [5, 5.41) is 10.8. The van der Waals surface area contributed by atoms with Gasteiger partial charge >= 0.3 is 12.1 Å². The highest BCUT2D eigenvalue weighted by Crippen LogP contribution is 2.08. The van der Waals surface area contributed by atoms with Gasteiger partial charge in [0, 0.05) is 12.7 Å². The molecular formula is C10H17NO5S. The molecule has 0 rings (SSSR count). The number of hydrogen-bond donors (Lipinski definition) is 2. The van der Waals surface area contributed by atoms with Crippen LogP contribution in [0.3, 0.4) is 0 Å². The van der Waals surface area contributed by atoms with Gasteiger partial charge in [0.1, 0.15) is 11.6 Å². The number of ether oxygens (including phenoxy) is 1. The topological polar surface area (TPSA) is 92.7 Å². The lowest BCUT2D eigenvalue weighted by atomic mass is 10.2. The average Bonchev–Trinajstić information content (AvgIpc) is 2.08. The second kappa shape index (κ2) is 6.48. The molecule has 7 heteroatoms. The van der Waals surface area contributed by atoms with Crippen molar-refractivity contribution in [1.82, 2.24) is 5.32 Å². The molecule has 0 aromatic heterocycles. The number of carbonyl (C=O) groups excluding carboxylic acids is 2. The van der Waals surface area contributed by atoms with E-state index in [4.69, 9.17) is 9.84 Å². The molecule has 0 aromatic rings. The quantitative estimate of drug-likeness (QED) is 0.792. The molecule has 2 N–H and O–H groups in total. The largest absolute Gasteiger partial charge is 0.480 e. The van der Waals surface area contributed by atoms with Gasteiger partial charge in [0.15, 0.2) is 5.12 Å². The summed E-state index contributed by atoms with van der Waals surface area (Å²) >= 11 is 0.838. The zero-order valence-corrected chi connectivity index (χ0v) is 11.1. The number of rotatable bonds is 4. The van der Waals surface area contributed by atoms with Gasteiger partial charge in [-0.2, -0.15) is 0 Å². The molecule has 0 aliphatic heterocycles. The molecule has 0 spiro atoms. The molecule has 0 aliphatic carbocycles. The molecule has 0 bridgehead atoms. The van der Waals surface area contributed by atoms with Gasteiger partial charge in [-0.25, -0.2) is 9.59 Å². The zero-order chi connectivity index (χ0) is 13.6. The Morgan fingerprint density at radius 2 is 1.88 bits per heavy atom. The summed E-state index contributed by atoms with van der Waals surface area (Å²) in [7, 11) is 0. The van der Waals surface area contributed by atoms with Gasteiger partial charge < -0.3 is 15.2 Å². The van der Waals surface area contributed by atoms with Crippen molar-refractivity contribution < 1.29 is 24.2 Å². The molecule has 0 radical (unpaired) electrons. The Morgan fingerprint density at radius 3 is 2.24 bits per heavy atom. The predicted octanol–water partition coefficient (Wildman–Crippen LogP) is 1.24. The van der Waals surface area contributed by atoms with E-state index in [9.17, 15) is 14.4 Å². The minimum Gasteiger partial charge on any atom is -0.480 e. The summed E-state index contributed by atoms with van der Waals surface area (Å²) in [6, 6.07) is -1.14. The number of amides is 1. The van der Waals surface area contributed by atoms with Gasteiger partial charge in [0.25, 0.3) is 0 Å². The van der Waals surface area contributed by atoms with E-state index in [0.717, 1.165) is 11.8 Å². The summed E-state index contributed by atoms with van der Waals surface area (Å²) in [4.78, 5) is 32.9. The monoisotopic (exact) mass is 263 g/mol. The number of thioether (sulfide) groups is 1. The van der Waals surface area contributed by atoms with Gasteiger partial charge in [-0.05, 0) is 20.8 Å². The number of carbonyl (C=O) groups is 3. The number of carboxylic acid groups (broad SMARTS) is 1. The van der Waals surface area contributed by atoms with Crippen LogP contribution >= 0.6 is 11.8 Å². The fourth-order valence-electron chi connectivity index (χ4n) is 0.825. The van der Waals surface area contributed by atoms with Crippen molar-refractivity contribution in [1.29, 1.82) is 0 Å². The summed E-state index contributed by atoms with van der Waals surface area (Å²) in [5.41, 5.74) is -0.694. The fourth-order valence-corrected chi connectivity index (χ4v) is 1.45. The van der Waals surface area contributed by atoms with Crippen LogP contribution in [0.15, 0.2) is 0 Å². The number of hydrogen-bond acceptors (Lipinski definition) is 5. The Morgan fingerprint density at radius 1 is 1.35 bits per heavy atom. The smallest absolute Gasteiger partial charge is 0.408 e. The van der Waals surface area contributed by atoms with E-state index in [2.05, 4.69) is 5.32 Å². The SMILES string of the molecule is CC(=O)SC[C@H](NC(=O)OC(C)(C)C)C(=O)O. The van der Waals surface area contributed by atoms with E-state index in [1.54, 1.807) is 20.8 Å². The maximum absolute atomic E-state index is 11.3. The minimum atomic E-state index is -1.20. The third kappa shape index (κ3) is 8.56. The van der Waals surface area contributed by atoms with Crippen LogP contribution in [0.4, 0.5) is 4.79 Å². The van der Waals surface area contributed by atoms with Crippen molar-refractivity contribution in [3.8, 4) is 0 Å². The van der Waals surface area contributed by atoms with E-state index in [0.29, 0.717) is 0 Å². The second-order valence-electron chi connectivity index (χ2n) is 4.34. The van der Waals surface area contributed by atoms with Crippen LogP contribution in [-0.4, -0.2) is 39.7 Å². The third-order valence-electron chi connectivity index (χ3n) is 1.44. The molecule has 0 aliphatic rings. The summed E-state index contributed by atoms with van der Waals surface area (Å²) in [6.45, 7) is 6.35. The Labute approximate surface area is 104 Å². The zero-order valence-electron chi connectivity index (χ0n) is 10.3. The van der Waals surface area contributed by atoms with E-state index in [1.807, 2.05) is 0 Å². The van der Waals surface area contributed by atoms with E-state index in [-0.39, 0.29) is 10.9 Å². The van der Waals surface area contributed by atoms with Crippen molar-refractivity contribution in [3.05, 3.63) is 0 Å². The molecule has 98 valence electrons. The van der Waals surface area contributed by atoms with Crippen molar-refractivity contribution in [3.63, 3.8) is 0 Å². The molecular weight excluding hydrogens is 246 g/mol. The van der Waals surface area contributed by atoms with Crippen LogP contribution in [0, 0.1) is 0 Å². The highest BCUT2D eigenvalue weighted by molar-refractivity contribution is 8.13. The first kappa shape index (κ1) is 15.8. The van der Waals surface area contributed by atoms with Crippen molar-refractivity contribution in [2.24, 2.45) is 0 Å². The standard InChI is InChI=1S/C10H17NO5S/c1-6(12)17-5-7(8(13)14)11-9(15)16-10(2,3)4/h7H,5H2,1-4H3,(H,11,15)(H,13,14)/t7-/m0/s1. The molecule has 0 aromatic carbocycles. The summed E-state index contributed by atoms with van der Waals surface area (Å²) in [5.74, 6) is -1.23. The number of alkyl carbamates (subject to hydrolysis) is 1. The van der Waals surface area contributed by atoms with Gasteiger partial charge in [0.05, 0.1) is 0 Å². The summed E-state index contributed by atoms with van der Waals surface area (Å²) in [6.07, 6.45) is -0.811. The lowest BCUT2D eigenvalue weighted by Crippen LogP contribution is -2.45.